The molecule has 0 aromatic rings. The molecule has 8 heteroatoms. The Bertz CT molecular complexity index is 464. The van der Waals surface area contributed by atoms with Gasteiger partial charge in [0.1, 0.15) is 0 Å². The van der Waals surface area contributed by atoms with Crippen LogP contribution in [0.3, 0.4) is 0 Å². The molecule has 0 rings (SSSR count). The molecule has 1 N–H and O–H groups in total. The maximum atomic E-state index is 10.8. The SMILES string of the molecule is CCCCCC[C@H](CC=CCCCCCCCC(=O)O)OS(=O)(=O)[O-].[Na+]. The molecule has 0 heterocycles. The van der Waals surface area contributed by atoms with E-state index in [-0.39, 0.29) is 36.0 Å². The normalized spacial score (nSPS) is 12.8. The van der Waals surface area contributed by atoms with Gasteiger partial charge in [0.25, 0.3) is 0 Å². The Labute approximate surface area is 181 Å². The Balaban J connectivity index is 0. The van der Waals surface area contributed by atoms with Gasteiger partial charge >= 0.3 is 35.5 Å². The van der Waals surface area contributed by atoms with Crippen molar-refractivity contribution < 1.29 is 56.6 Å². The molecule has 0 aliphatic heterocycles. The van der Waals surface area contributed by atoms with Crippen molar-refractivity contribution in [2.75, 3.05) is 0 Å². The maximum Gasteiger partial charge on any atom is 1.00 e. The van der Waals surface area contributed by atoms with Crippen LogP contribution >= 0.6 is 0 Å². The third-order valence-electron chi connectivity index (χ3n) is 3.96. The van der Waals surface area contributed by atoms with Gasteiger partial charge in [0.05, 0.1) is 6.10 Å². The van der Waals surface area contributed by atoms with E-state index in [2.05, 4.69) is 11.1 Å². The van der Waals surface area contributed by atoms with Crippen LogP contribution in [-0.2, 0) is 19.4 Å². The summed E-state index contributed by atoms with van der Waals surface area (Å²) >= 11 is 0. The molecule has 1 atom stereocenters. The van der Waals surface area contributed by atoms with Crippen LogP contribution in [0.15, 0.2) is 12.2 Å². The van der Waals surface area contributed by atoms with Crippen molar-refractivity contribution in [2.45, 2.75) is 96.5 Å². The second kappa shape index (κ2) is 18.4. The second-order valence-electron chi connectivity index (χ2n) is 6.38. The van der Waals surface area contributed by atoms with Gasteiger partial charge in [0.2, 0.25) is 10.4 Å². The molecule has 0 bridgehead atoms. The van der Waals surface area contributed by atoms with E-state index in [1.807, 2.05) is 12.2 Å². The molecule has 0 saturated heterocycles. The van der Waals surface area contributed by atoms with Crippen LogP contribution in [0.1, 0.15) is 90.4 Å². The van der Waals surface area contributed by atoms with E-state index in [0.29, 0.717) is 12.8 Å². The first kappa shape index (κ1) is 28.3. The van der Waals surface area contributed by atoms with Gasteiger partial charge in [-0.25, -0.2) is 8.42 Å². The number of hydrogen-bond donors (Lipinski definition) is 1. The molecule has 0 fully saturated rings. The summed E-state index contributed by atoms with van der Waals surface area (Å²) in [7, 11) is -4.66. The zero-order chi connectivity index (χ0) is 19.0. The second-order valence-corrected chi connectivity index (χ2v) is 7.39. The van der Waals surface area contributed by atoms with Crippen LogP contribution in [0.2, 0.25) is 0 Å². The summed E-state index contributed by atoms with van der Waals surface area (Å²) in [6, 6.07) is 0. The van der Waals surface area contributed by atoms with Crippen molar-refractivity contribution in [1.29, 1.82) is 0 Å². The number of carboxylic acid groups (broad SMARTS) is 1. The largest absolute Gasteiger partial charge is 1.00 e. The van der Waals surface area contributed by atoms with E-state index in [9.17, 15) is 17.8 Å². The van der Waals surface area contributed by atoms with E-state index in [4.69, 9.17) is 5.11 Å². The summed E-state index contributed by atoms with van der Waals surface area (Å²) in [6.07, 6.45) is 14.3. The van der Waals surface area contributed by atoms with E-state index < -0.39 is 22.5 Å². The summed E-state index contributed by atoms with van der Waals surface area (Å²) < 4.78 is 37.0. The van der Waals surface area contributed by atoms with Crippen molar-refractivity contribution in [2.24, 2.45) is 0 Å². The first-order chi connectivity index (χ1) is 11.8. The molecule has 6 nitrogen and oxygen atoms in total. The summed E-state index contributed by atoms with van der Waals surface area (Å²) in [5.41, 5.74) is 0. The zero-order valence-electron chi connectivity index (χ0n) is 16.3. The average Bonchev–Trinajstić information content (AvgIpc) is 2.51. The molecule has 0 aromatic heterocycles. The minimum absolute atomic E-state index is 0. The third-order valence-corrected chi connectivity index (χ3v) is 4.47. The van der Waals surface area contributed by atoms with Crippen LogP contribution < -0.4 is 29.6 Å². The van der Waals surface area contributed by atoms with Crippen LogP contribution in [0.4, 0.5) is 0 Å². The molecule has 26 heavy (non-hydrogen) atoms. The van der Waals surface area contributed by atoms with Crippen molar-refractivity contribution in [3.05, 3.63) is 12.2 Å². The van der Waals surface area contributed by atoms with Gasteiger partial charge in [-0.2, -0.15) is 0 Å². The van der Waals surface area contributed by atoms with Crippen LogP contribution in [-0.4, -0.2) is 30.2 Å². The molecule has 0 amide bonds. The first-order valence-corrected chi connectivity index (χ1v) is 10.7. The maximum absolute atomic E-state index is 10.8. The minimum Gasteiger partial charge on any atom is -0.726 e. The Hall–Kier alpha value is 0.0800. The average molecular weight is 401 g/mol. The topological polar surface area (TPSA) is 104 Å². The first-order valence-electron chi connectivity index (χ1n) is 9.36. The quantitative estimate of drug-likeness (QED) is 0.131. The predicted molar refractivity (Wildman–Crippen MR) is 97.0 cm³/mol. The molecule has 0 spiro atoms. The fourth-order valence-corrected chi connectivity index (χ4v) is 3.11. The van der Waals surface area contributed by atoms with Gasteiger partial charge in [-0.3, -0.25) is 8.98 Å². The van der Waals surface area contributed by atoms with Crippen LogP contribution in [0.25, 0.3) is 0 Å². The Kier molecular flexibility index (Phi) is 20.1. The Morgan fingerprint density at radius 1 is 1.04 bits per heavy atom. The number of hydrogen-bond acceptors (Lipinski definition) is 5. The summed E-state index contributed by atoms with van der Waals surface area (Å²) in [5, 5.41) is 8.53. The predicted octanol–water partition coefficient (Wildman–Crippen LogP) is 1.57. The number of aliphatic carboxylic acids is 1. The standard InChI is InChI=1S/C18H34O6S.Na/c1-2-3-4-11-14-17(24-25(21,22)23)15-12-9-7-5-6-8-10-13-16-18(19)20;/h9,12,17H,2-8,10-11,13-16H2,1H3,(H,19,20)(H,21,22,23);/q;+1/p-1/t17-;/m1./s1. The molecule has 148 valence electrons. The van der Waals surface area contributed by atoms with E-state index >= 15 is 0 Å². The van der Waals surface area contributed by atoms with Gasteiger partial charge in [-0.05, 0) is 32.1 Å². The zero-order valence-corrected chi connectivity index (χ0v) is 19.1. The van der Waals surface area contributed by atoms with Crippen LogP contribution in [0.5, 0.6) is 0 Å². The van der Waals surface area contributed by atoms with Crippen molar-refractivity contribution in [3.8, 4) is 0 Å². The Morgan fingerprint density at radius 2 is 1.65 bits per heavy atom. The number of rotatable bonds is 17. The van der Waals surface area contributed by atoms with E-state index in [1.165, 1.54) is 0 Å². The monoisotopic (exact) mass is 400 g/mol. The molecular weight excluding hydrogens is 367 g/mol. The molecular formula is C18H33NaO6S. The van der Waals surface area contributed by atoms with Gasteiger partial charge in [-0.15, -0.1) is 0 Å². The smallest absolute Gasteiger partial charge is 0.726 e. The molecule has 0 aliphatic rings. The third kappa shape index (κ3) is 22.1. The van der Waals surface area contributed by atoms with Gasteiger partial charge in [0, 0.05) is 6.42 Å². The van der Waals surface area contributed by atoms with Crippen LogP contribution in [0, 0.1) is 0 Å². The minimum atomic E-state index is -4.66. The Morgan fingerprint density at radius 3 is 2.27 bits per heavy atom. The number of carbonyl (C=O) groups is 1. The molecule has 0 unspecified atom stereocenters. The van der Waals surface area contributed by atoms with Gasteiger partial charge in [-0.1, -0.05) is 64.0 Å². The van der Waals surface area contributed by atoms with Gasteiger partial charge in [0.15, 0.2) is 0 Å². The molecule has 0 saturated carbocycles. The molecule has 0 radical (unpaired) electrons. The van der Waals surface area contributed by atoms with Crippen molar-refractivity contribution in [3.63, 3.8) is 0 Å². The fraction of sp³-hybridized carbons (Fsp3) is 0.833. The number of unbranched alkanes of at least 4 members (excludes halogenated alkanes) is 8. The summed E-state index contributed by atoms with van der Waals surface area (Å²) in [4.78, 5) is 10.4. The summed E-state index contributed by atoms with van der Waals surface area (Å²) in [6.45, 7) is 2.10. The number of carboxylic acids is 1. The molecule has 0 aliphatic carbocycles. The number of allylic oxidation sites excluding steroid dienone is 1. The summed E-state index contributed by atoms with van der Waals surface area (Å²) in [5.74, 6) is -0.741. The van der Waals surface area contributed by atoms with Crippen molar-refractivity contribution >= 4 is 16.4 Å². The van der Waals surface area contributed by atoms with E-state index in [0.717, 1.165) is 64.2 Å². The molecule has 0 aromatic carbocycles. The van der Waals surface area contributed by atoms with Gasteiger partial charge < -0.3 is 9.66 Å². The van der Waals surface area contributed by atoms with E-state index in [1.54, 1.807) is 0 Å². The fourth-order valence-electron chi connectivity index (χ4n) is 2.61. The van der Waals surface area contributed by atoms with Crippen molar-refractivity contribution in [1.82, 2.24) is 0 Å².